The second-order valence-corrected chi connectivity index (χ2v) is 11.4. The molecule has 4 aromatic carbocycles. The molecule has 0 bridgehead atoms. The van der Waals surface area contributed by atoms with Gasteiger partial charge in [0, 0.05) is 40.5 Å². The minimum absolute atomic E-state index is 0.462. The van der Waals surface area contributed by atoms with Crippen LogP contribution in [0, 0.1) is 6.92 Å². The highest BCUT2D eigenvalue weighted by Gasteiger charge is 2.10. The van der Waals surface area contributed by atoms with Crippen molar-refractivity contribution in [1.29, 1.82) is 0 Å². The van der Waals surface area contributed by atoms with Gasteiger partial charge < -0.3 is 16.8 Å². The van der Waals surface area contributed by atoms with Crippen molar-refractivity contribution in [1.82, 2.24) is 15.0 Å². The van der Waals surface area contributed by atoms with Crippen molar-refractivity contribution in [3.8, 4) is 33.6 Å². The summed E-state index contributed by atoms with van der Waals surface area (Å²) in [6.45, 7) is 7.52. The van der Waals surface area contributed by atoms with E-state index in [1.807, 2.05) is 44.3 Å². The third kappa shape index (κ3) is 6.50. The lowest BCUT2D eigenvalue weighted by Gasteiger charge is -2.11. The standard InChI is InChI=1S/C37H30N6.C5H8/c1-22-3-4-25-9-14-32(43-37(25)36(22)40-2)24-7-5-23(6-8-24)31-17-12-28-19-26(10-15-33(28)41-31)27-11-16-34-29(20-27)13-18-35(42-34)30(39)21-38;1-3-5-4-2/h3-21,40H,38-39H2,1-2H3;3-5H,1H2,2H3/b30-21-;5-4-. The summed E-state index contributed by atoms with van der Waals surface area (Å²) in [5.41, 5.74) is 23.9. The highest BCUT2D eigenvalue weighted by molar-refractivity contribution is 5.94. The summed E-state index contributed by atoms with van der Waals surface area (Å²) in [5.74, 6) is 0. The molecule has 0 unspecified atom stereocenters. The van der Waals surface area contributed by atoms with Gasteiger partial charge in [-0.2, -0.15) is 0 Å². The number of rotatable bonds is 6. The smallest absolute Gasteiger partial charge is 0.0943 e. The Bertz CT molecular complexity index is 2330. The Morgan fingerprint density at radius 1 is 0.667 bits per heavy atom. The Morgan fingerprint density at radius 2 is 1.21 bits per heavy atom. The van der Waals surface area contributed by atoms with Crippen LogP contribution in [-0.2, 0) is 0 Å². The fourth-order valence-electron chi connectivity index (χ4n) is 5.73. The van der Waals surface area contributed by atoms with Gasteiger partial charge in [-0.05, 0) is 73.0 Å². The first-order valence-electron chi connectivity index (χ1n) is 15.8. The van der Waals surface area contributed by atoms with Gasteiger partial charge in [0.05, 0.1) is 45.0 Å². The Balaban J connectivity index is 0.000000749. The number of benzene rings is 4. The third-order valence-electron chi connectivity index (χ3n) is 8.31. The van der Waals surface area contributed by atoms with Gasteiger partial charge in [-0.15, -0.1) is 0 Å². The lowest BCUT2D eigenvalue weighted by atomic mass is 10.0. The largest absolute Gasteiger partial charge is 0.403 e. The first-order valence-corrected chi connectivity index (χ1v) is 15.8. The van der Waals surface area contributed by atoms with Gasteiger partial charge in [0.2, 0.25) is 0 Å². The summed E-state index contributed by atoms with van der Waals surface area (Å²) in [6.07, 6.45) is 6.95. The number of fused-ring (bicyclic) bond motifs is 3. The number of anilines is 1. The molecule has 6 heteroatoms. The highest BCUT2D eigenvalue weighted by Crippen LogP contribution is 2.31. The number of aromatic nitrogens is 3. The molecular formula is C42H38N6. The molecule has 0 atom stereocenters. The predicted molar refractivity (Wildman–Crippen MR) is 204 cm³/mol. The maximum Gasteiger partial charge on any atom is 0.0943 e. The highest BCUT2D eigenvalue weighted by atomic mass is 14.9. The second kappa shape index (κ2) is 14.0. The fourth-order valence-corrected chi connectivity index (χ4v) is 5.73. The number of allylic oxidation sites excluding steroid dienone is 3. The lowest BCUT2D eigenvalue weighted by Crippen LogP contribution is -2.01. The van der Waals surface area contributed by atoms with Crippen molar-refractivity contribution >= 4 is 44.1 Å². The maximum atomic E-state index is 5.93. The van der Waals surface area contributed by atoms with E-state index in [0.717, 1.165) is 72.0 Å². The molecule has 5 N–H and O–H groups in total. The Labute approximate surface area is 281 Å². The summed E-state index contributed by atoms with van der Waals surface area (Å²) in [5, 5.41) is 6.56. The first-order chi connectivity index (χ1) is 23.4. The van der Waals surface area contributed by atoms with Crippen LogP contribution < -0.4 is 16.8 Å². The number of hydrogen-bond acceptors (Lipinski definition) is 6. The van der Waals surface area contributed by atoms with E-state index in [-0.39, 0.29) is 0 Å². The third-order valence-corrected chi connectivity index (χ3v) is 8.31. The summed E-state index contributed by atoms with van der Waals surface area (Å²) in [6, 6.07) is 37.7. The minimum atomic E-state index is 0.462. The predicted octanol–water partition coefficient (Wildman–Crippen LogP) is 9.65. The average Bonchev–Trinajstić information content (AvgIpc) is 3.14. The maximum absolute atomic E-state index is 5.93. The number of nitrogens with one attached hydrogen (secondary N) is 1. The van der Waals surface area contributed by atoms with Gasteiger partial charge in [0.15, 0.2) is 0 Å². The van der Waals surface area contributed by atoms with E-state index in [1.54, 1.807) is 6.08 Å². The van der Waals surface area contributed by atoms with Crippen LogP contribution in [0.1, 0.15) is 18.2 Å². The van der Waals surface area contributed by atoms with Crippen LogP contribution in [0.4, 0.5) is 5.69 Å². The van der Waals surface area contributed by atoms with Crippen molar-refractivity contribution in [2.24, 2.45) is 11.5 Å². The zero-order chi connectivity index (χ0) is 33.6. The van der Waals surface area contributed by atoms with Crippen LogP contribution in [0.5, 0.6) is 0 Å². The van der Waals surface area contributed by atoms with E-state index in [2.05, 4.69) is 115 Å². The number of nitrogens with zero attached hydrogens (tertiary/aromatic N) is 3. The number of nitrogens with two attached hydrogens (primary N) is 2. The van der Waals surface area contributed by atoms with E-state index in [0.29, 0.717) is 11.4 Å². The van der Waals surface area contributed by atoms with Gasteiger partial charge in [-0.3, -0.25) is 0 Å². The van der Waals surface area contributed by atoms with Crippen LogP contribution in [0.25, 0.3) is 72.0 Å². The molecule has 0 fully saturated rings. The zero-order valence-electron chi connectivity index (χ0n) is 27.4. The normalized spacial score (nSPS) is 11.5. The molecule has 0 spiro atoms. The number of hydrogen-bond donors (Lipinski definition) is 3. The molecule has 7 rings (SSSR count). The summed E-state index contributed by atoms with van der Waals surface area (Å²) < 4.78 is 0. The molecule has 0 amide bonds. The molecule has 0 aliphatic carbocycles. The van der Waals surface area contributed by atoms with Gasteiger partial charge in [-0.1, -0.05) is 91.5 Å². The quantitative estimate of drug-likeness (QED) is 0.159. The number of aryl methyl sites for hydroxylation is 1. The van der Waals surface area contributed by atoms with Crippen LogP contribution in [0.2, 0.25) is 0 Å². The second-order valence-electron chi connectivity index (χ2n) is 11.4. The monoisotopic (exact) mass is 626 g/mol. The van der Waals surface area contributed by atoms with Crippen molar-refractivity contribution in [2.75, 3.05) is 12.4 Å². The van der Waals surface area contributed by atoms with Crippen LogP contribution in [-0.4, -0.2) is 22.0 Å². The molecule has 7 aromatic rings. The van der Waals surface area contributed by atoms with Crippen molar-refractivity contribution in [3.05, 3.63) is 151 Å². The molecule has 6 nitrogen and oxygen atoms in total. The van der Waals surface area contributed by atoms with E-state index in [4.69, 9.17) is 21.4 Å². The first kappa shape index (κ1) is 31.7. The Hall–Kier alpha value is -6.27. The molecule has 0 aliphatic heterocycles. The zero-order valence-corrected chi connectivity index (χ0v) is 27.4. The van der Waals surface area contributed by atoms with E-state index in [9.17, 15) is 0 Å². The van der Waals surface area contributed by atoms with E-state index in [1.165, 1.54) is 11.8 Å². The molecule has 0 saturated heterocycles. The molecule has 236 valence electrons. The number of pyridine rings is 3. The van der Waals surface area contributed by atoms with Crippen molar-refractivity contribution < 1.29 is 0 Å². The van der Waals surface area contributed by atoms with Gasteiger partial charge in [0.25, 0.3) is 0 Å². The van der Waals surface area contributed by atoms with Gasteiger partial charge in [0.1, 0.15) is 0 Å². The SMILES string of the molecule is C=C/C=C\C.CNc1c(C)ccc2ccc(-c3ccc(-c4ccc5cc(-c6ccc7nc(/C(N)=C/N)ccc7c6)ccc5n4)cc3)nc12. The molecule has 48 heavy (non-hydrogen) atoms. The summed E-state index contributed by atoms with van der Waals surface area (Å²) in [7, 11) is 1.94. The Kier molecular flexibility index (Phi) is 9.26. The van der Waals surface area contributed by atoms with Crippen LogP contribution >= 0.6 is 0 Å². The van der Waals surface area contributed by atoms with Crippen molar-refractivity contribution in [3.63, 3.8) is 0 Å². The van der Waals surface area contributed by atoms with E-state index < -0.39 is 0 Å². The molecule has 0 radical (unpaired) electrons. The molecule has 3 heterocycles. The molecule has 0 aliphatic rings. The minimum Gasteiger partial charge on any atom is -0.403 e. The Morgan fingerprint density at radius 3 is 1.77 bits per heavy atom. The van der Waals surface area contributed by atoms with Gasteiger partial charge in [-0.25, -0.2) is 15.0 Å². The molecule has 3 aromatic heterocycles. The van der Waals surface area contributed by atoms with Crippen LogP contribution in [0.3, 0.4) is 0 Å². The van der Waals surface area contributed by atoms with Crippen LogP contribution in [0.15, 0.2) is 140 Å². The molecular weight excluding hydrogens is 589 g/mol. The summed E-state index contributed by atoms with van der Waals surface area (Å²) >= 11 is 0. The van der Waals surface area contributed by atoms with Crippen molar-refractivity contribution in [2.45, 2.75) is 13.8 Å². The average molecular weight is 627 g/mol. The fraction of sp³-hybridized carbons (Fsp3) is 0.0714. The van der Waals surface area contributed by atoms with Gasteiger partial charge >= 0.3 is 0 Å². The summed E-state index contributed by atoms with van der Waals surface area (Å²) in [4.78, 5) is 14.6. The van der Waals surface area contributed by atoms with E-state index >= 15 is 0 Å². The lowest BCUT2D eigenvalue weighted by molar-refractivity contribution is 1.31. The topological polar surface area (TPSA) is 103 Å². The molecule has 0 saturated carbocycles.